The van der Waals surface area contributed by atoms with Crippen LogP contribution in [-0.4, -0.2) is 37.8 Å². The summed E-state index contributed by atoms with van der Waals surface area (Å²) in [6.45, 7) is 12.0. The lowest BCUT2D eigenvalue weighted by Gasteiger charge is -2.41. The van der Waals surface area contributed by atoms with E-state index < -0.39 is 10.0 Å². The first-order chi connectivity index (χ1) is 19.8. The van der Waals surface area contributed by atoms with Crippen molar-refractivity contribution in [2.75, 3.05) is 19.8 Å². The van der Waals surface area contributed by atoms with Crippen LogP contribution < -0.4 is 15.0 Å². The molecule has 7 nitrogen and oxygen atoms in total. The van der Waals surface area contributed by atoms with Gasteiger partial charge < -0.3 is 14.4 Å². The number of pyridine rings is 1. The van der Waals surface area contributed by atoms with Crippen molar-refractivity contribution in [3.8, 4) is 5.75 Å². The van der Waals surface area contributed by atoms with Gasteiger partial charge in [-0.05, 0) is 101 Å². The lowest BCUT2D eigenvalue weighted by atomic mass is 9.66. The molecule has 1 unspecified atom stereocenters. The molecule has 9 heteroatoms. The molecule has 2 aromatic rings. The standard InChI is InChI=1S/C33H47BrN2O5S/c1-24(2)9-6-10-25(3)11-12-26-21-29-30(23-33(26,4)5)36(18-8-19-37)32(38)22-31(29)41-20-7-17-35-42(39,40)28-15-13-27(34)14-16-28/h9,11,13-16,22,26,35,37H,6-8,10,12,17-21,23H2,1-5H3/b25-11+. The molecule has 1 aromatic heterocycles. The third-order valence-corrected chi connectivity index (χ3v) is 10.1. The number of hydrogen-bond donors (Lipinski definition) is 2. The van der Waals surface area contributed by atoms with Gasteiger partial charge in [-0.1, -0.05) is 53.1 Å². The van der Waals surface area contributed by atoms with Gasteiger partial charge in [0.2, 0.25) is 10.0 Å². The molecule has 42 heavy (non-hydrogen) atoms. The monoisotopic (exact) mass is 662 g/mol. The van der Waals surface area contributed by atoms with E-state index >= 15 is 0 Å². The topological polar surface area (TPSA) is 97.6 Å². The molecule has 0 aliphatic heterocycles. The first-order valence-corrected chi connectivity index (χ1v) is 17.1. The Bertz CT molecular complexity index is 1420. The summed E-state index contributed by atoms with van der Waals surface area (Å²) in [6, 6.07) is 8.06. The highest BCUT2D eigenvalue weighted by Crippen LogP contribution is 2.44. The average molecular weight is 664 g/mol. The summed E-state index contributed by atoms with van der Waals surface area (Å²) in [4.78, 5) is 13.4. The van der Waals surface area contributed by atoms with Crippen LogP contribution in [0.1, 0.15) is 78.0 Å². The number of allylic oxidation sites excluding steroid dienone is 4. The van der Waals surface area contributed by atoms with Gasteiger partial charge in [-0.2, -0.15) is 0 Å². The van der Waals surface area contributed by atoms with Gasteiger partial charge >= 0.3 is 0 Å². The van der Waals surface area contributed by atoms with E-state index in [-0.39, 0.29) is 35.6 Å². The van der Waals surface area contributed by atoms with Gasteiger partial charge in [-0.25, -0.2) is 13.1 Å². The molecule has 232 valence electrons. The molecule has 2 N–H and O–H groups in total. The van der Waals surface area contributed by atoms with E-state index in [1.807, 2.05) is 4.57 Å². The van der Waals surface area contributed by atoms with Crippen molar-refractivity contribution in [2.45, 2.75) is 91.0 Å². The van der Waals surface area contributed by atoms with E-state index in [1.54, 1.807) is 30.3 Å². The number of nitrogens with one attached hydrogen (secondary N) is 1. The van der Waals surface area contributed by atoms with Crippen molar-refractivity contribution in [2.24, 2.45) is 11.3 Å². The number of fused-ring (bicyclic) bond motifs is 1. The molecule has 3 rings (SSSR count). The quantitative estimate of drug-likeness (QED) is 0.166. The Hall–Kier alpha value is -2.20. The van der Waals surface area contributed by atoms with E-state index in [0.29, 0.717) is 31.1 Å². The van der Waals surface area contributed by atoms with E-state index in [0.717, 1.165) is 47.8 Å². The third kappa shape index (κ3) is 9.66. The minimum absolute atomic E-state index is 0.0129. The van der Waals surface area contributed by atoms with Crippen LogP contribution in [0.2, 0.25) is 0 Å². The number of sulfonamides is 1. The zero-order valence-corrected chi connectivity index (χ0v) is 28.1. The molecule has 0 fully saturated rings. The fourth-order valence-corrected chi connectivity index (χ4v) is 6.77. The van der Waals surface area contributed by atoms with Gasteiger partial charge in [0.05, 0.1) is 11.5 Å². The molecule has 1 aliphatic carbocycles. The van der Waals surface area contributed by atoms with Gasteiger partial charge in [0.1, 0.15) is 5.75 Å². The number of rotatable bonds is 15. The minimum Gasteiger partial charge on any atom is -0.493 e. The second-order valence-corrected chi connectivity index (χ2v) is 14.9. The van der Waals surface area contributed by atoms with Crippen LogP contribution in [0.5, 0.6) is 5.75 Å². The van der Waals surface area contributed by atoms with Crippen LogP contribution in [-0.2, 0) is 29.4 Å². The number of hydrogen-bond acceptors (Lipinski definition) is 5. The number of aliphatic hydroxyl groups excluding tert-OH is 1. The summed E-state index contributed by atoms with van der Waals surface area (Å²) in [7, 11) is -3.61. The number of aromatic nitrogens is 1. The van der Waals surface area contributed by atoms with Crippen molar-refractivity contribution in [1.29, 1.82) is 0 Å². The molecule has 0 bridgehead atoms. The fourth-order valence-electron chi connectivity index (χ4n) is 5.43. The molecule has 1 aliphatic rings. The van der Waals surface area contributed by atoms with Crippen LogP contribution in [0, 0.1) is 11.3 Å². The van der Waals surface area contributed by atoms with Crippen LogP contribution in [0.4, 0.5) is 0 Å². The Labute approximate surface area is 260 Å². The Morgan fingerprint density at radius 2 is 1.88 bits per heavy atom. The van der Waals surface area contributed by atoms with Crippen LogP contribution in [0.15, 0.2) is 67.8 Å². The first-order valence-electron chi connectivity index (χ1n) is 14.9. The van der Waals surface area contributed by atoms with Crippen LogP contribution >= 0.6 is 15.9 Å². The molecule has 1 heterocycles. The largest absolute Gasteiger partial charge is 0.493 e. The molecular formula is C33H47BrN2O5S. The Balaban J connectivity index is 1.74. The Morgan fingerprint density at radius 3 is 2.55 bits per heavy atom. The second kappa shape index (κ2) is 15.5. The summed E-state index contributed by atoms with van der Waals surface area (Å²) in [5.41, 5.74) is 4.65. The van der Waals surface area contributed by atoms with Crippen molar-refractivity contribution in [3.05, 3.63) is 79.7 Å². The number of halogens is 1. The predicted molar refractivity (Wildman–Crippen MR) is 174 cm³/mol. The second-order valence-electron chi connectivity index (χ2n) is 12.2. The molecule has 1 atom stereocenters. The summed E-state index contributed by atoms with van der Waals surface area (Å²) in [5, 5.41) is 9.44. The maximum atomic E-state index is 13.2. The molecule has 0 amide bonds. The van der Waals surface area contributed by atoms with Crippen molar-refractivity contribution in [3.63, 3.8) is 0 Å². The van der Waals surface area contributed by atoms with E-state index in [9.17, 15) is 18.3 Å². The van der Waals surface area contributed by atoms with Gasteiger partial charge in [0, 0.05) is 41.5 Å². The molecule has 0 saturated carbocycles. The number of benzene rings is 1. The molecule has 0 radical (unpaired) electrons. The highest BCUT2D eigenvalue weighted by atomic mass is 79.9. The first kappa shape index (κ1) is 34.3. The van der Waals surface area contributed by atoms with Gasteiger partial charge in [0.25, 0.3) is 5.56 Å². The zero-order chi connectivity index (χ0) is 30.9. The van der Waals surface area contributed by atoms with Crippen LogP contribution in [0.3, 0.4) is 0 Å². The Morgan fingerprint density at radius 1 is 1.17 bits per heavy atom. The number of nitrogens with zero attached hydrogens (tertiary/aromatic N) is 1. The van der Waals surface area contributed by atoms with E-state index in [2.05, 4.69) is 67.4 Å². The summed E-state index contributed by atoms with van der Waals surface area (Å²) in [5.74, 6) is 0.975. The normalized spacial score (nSPS) is 16.6. The fraction of sp³-hybridized carbons (Fsp3) is 0.545. The Kier molecular flexibility index (Phi) is 12.7. The molecule has 0 spiro atoms. The van der Waals surface area contributed by atoms with Gasteiger partial charge in [-0.15, -0.1) is 0 Å². The van der Waals surface area contributed by atoms with E-state index in [1.165, 1.54) is 11.1 Å². The molecule has 1 aromatic carbocycles. The predicted octanol–water partition coefficient (Wildman–Crippen LogP) is 6.56. The SMILES string of the molecule is CC(C)=CCC/C(C)=C/CC1Cc2c(OCCCNS(=O)(=O)c3ccc(Br)cc3)cc(=O)n(CCCO)c2CC1(C)C. The maximum Gasteiger partial charge on any atom is 0.254 e. The van der Waals surface area contributed by atoms with Crippen LogP contribution in [0.25, 0.3) is 0 Å². The number of aliphatic hydroxyl groups is 1. The highest BCUT2D eigenvalue weighted by molar-refractivity contribution is 9.10. The van der Waals surface area contributed by atoms with Gasteiger partial charge in [-0.3, -0.25) is 4.79 Å². The molecule has 0 saturated heterocycles. The average Bonchev–Trinajstić information content (AvgIpc) is 2.91. The highest BCUT2D eigenvalue weighted by Gasteiger charge is 2.37. The third-order valence-electron chi connectivity index (χ3n) is 8.05. The lowest BCUT2D eigenvalue weighted by molar-refractivity contribution is 0.182. The summed E-state index contributed by atoms with van der Waals surface area (Å²) >= 11 is 3.32. The molecular weight excluding hydrogens is 616 g/mol. The van der Waals surface area contributed by atoms with Crippen molar-refractivity contribution < 1.29 is 18.3 Å². The minimum atomic E-state index is -3.61. The summed E-state index contributed by atoms with van der Waals surface area (Å²) < 4.78 is 36.6. The van der Waals surface area contributed by atoms with Crippen molar-refractivity contribution in [1.82, 2.24) is 9.29 Å². The van der Waals surface area contributed by atoms with Crippen molar-refractivity contribution >= 4 is 26.0 Å². The summed E-state index contributed by atoms with van der Waals surface area (Å²) in [6.07, 6.45) is 10.2. The van der Waals surface area contributed by atoms with Gasteiger partial charge in [0.15, 0.2) is 0 Å². The van der Waals surface area contributed by atoms with E-state index in [4.69, 9.17) is 4.74 Å². The lowest BCUT2D eigenvalue weighted by Crippen LogP contribution is -2.38. The maximum absolute atomic E-state index is 13.2. The smallest absolute Gasteiger partial charge is 0.254 e. The zero-order valence-electron chi connectivity index (χ0n) is 25.7. The number of ether oxygens (including phenoxy) is 1.